The number of aliphatic carboxylic acids is 1. The molecule has 1 saturated heterocycles. The number of nitrogens with one attached hydrogen (secondary N) is 1. The first-order valence-electron chi connectivity index (χ1n) is 11.3. The van der Waals surface area contributed by atoms with Crippen molar-refractivity contribution in [3.8, 4) is 6.01 Å². The van der Waals surface area contributed by atoms with E-state index in [4.69, 9.17) is 9.47 Å². The van der Waals surface area contributed by atoms with E-state index in [0.717, 1.165) is 35.6 Å². The van der Waals surface area contributed by atoms with Gasteiger partial charge in [-0.1, -0.05) is 26.8 Å². The highest BCUT2D eigenvalue weighted by Gasteiger charge is 2.28. The molecule has 0 radical (unpaired) electrons. The summed E-state index contributed by atoms with van der Waals surface area (Å²) < 4.78 is 11.1. The van der Waals surface area contributed by atoms with E-state index in [-0.39, 0.29) is 18.4 Å². The molecule has 1 aliphatic rings. The minimum Gasteiger partial charge on any atom is -0.481 e. The van der Waals surface area contributed by atoms with Gasteiger partial charge in [-0.05, 0) is 42.9 Å². The number of aromatic nitrogens is 2. The number of carboxylic acid groups (broad SMARTS) is 1. The molecule has 3 rings (SSSR count). The van der Waals surface area contributed by atoms with Crippen LogP contribution < -0.4 is 15.0 Å². The summed E-state index contributed by atoms with van der Waals surface area (Å²) >= 11 is 0. The van der Waals surface area contributed by atoms with Crippen molar-refractivity contribution in [3.05, 3.63) is 36.2 Å². The van der Waals surface area contributed by atoms with E-state index in [2.05, 4.69) is 52.2 Å². The molecule has 8 nitrogen and oxygen atoms in total. The number of carbonyl (C=O) groups is 1. The molecule has 1 aliphatic heterocycles. The second-order valence-corrected chi connectivity index (χ2v) is 8.37. The average Bonchev–Trinajstić information content (AvgIpc) is 2.79. The maximum atomic E-state index is 11.4. The lowest BCUT2D eigenvalue weighted by Gasteiger charge is -2.40. The Morgan fingerprint density at radius 3 is 2.69 bits per heavy atom. The molecule has 0 aliphatic carbocycles. The minimum atomic E-state index is -0.789. The third-order valence-electron chi connectivity index (χ3n) is 5.83. The van der Waals surface area contributed by atoms with Crippen LogP contribution in [0.5, 0.6) is 6.01 Å². The molecule has 1 fully saturated rings. The lowest BCUT2D eigenvalue weighted by atomic mass is 9.92. The van der Waals surface area contributed by atoms with Crippen molar-refractivity contribution in [1.82, 2.24) is 9.97 Å². The summed E-state index contributed by atoms with van der Waals surface area (Å²) in [5.41, 5.74) is 3.72. The predicted molar refractivity (Wildman–Crippen MR) is 125 cm³/mol. The molecule has 0 saturated carbocycles. The normalized spacial score (nSPS) is 17.3. The third-order valence-corrected chi connectivity index (χ3v) is 5.83. The molecule has 1 aromatic heterocycles. The van der Waals surface area contributed by atoms with Gasteiger partial charge in [0.15, 0.2) is 0 Å². The SMILES string of the molecule is CCOc1ncc(Nc2cc([C@H](CC)CC(=O)O)ccc2N2CCOC[C@@H]2C(C)C)cn1. The van der Waals surface area contributed by atoms with Crippen LogP contribution >= 0.6 is 0 Å². The summed E-state index contributed by atoms with van der Waals surface area (Å²) in [5.74, 6) is -0.417. The van der Waals surface area contributed by atoms with Crippen LogP contribution in [0.3, 0.4) is 0 Å². The minimum absolute atomic E-state index is 0.0516. The Morgan fingerprint density at radius 2 is 2.06 bits per heavy atom. The van der Waals surface area contributed by atoms with Crippen LogP contribution in [0.15, 0.2) is 30.6 Å². The summed E-state index contributed by atoms with van der Waals surface area (Å²) in [6.45, 7) is 11.0. The fraction of sp³-hybridized carbons (Fsp3) is 0.542. The fourth-order valence-corrected chi connectivity index (χ4v) is 4.08. The molecule has 32 heavy (non-hydrogen) atoms. The highest BCUT2D eigenvalue weighted by molar-refractivity contribution is 5.77. The Bertz CT molecular complexity index is 888. The Balaban J connectivity index is 1.98. The quantitative estimate of drug-likeness (QED) is 0.557. The van der Waals surface area contributed by atoms with Crippen LogP contribution in [0.4, 0.5) is 17.1 Å². The number of ether oxygens (including phenoxy) is 2. The summed E-state index contributed by atoms with van der Waals surface area (Å²) in [5, 5.41) is 12.8. The Morgan fingerprint density at radius 1 is 1.31 bits per heavy atom. The summed E-state index contributed by atoms with van der Waals surface area (Å²) in [4.78, 5) is 22.3. The first-order valence-corrected chi connectivity index (χ1v) is 11.3. The van der Waals surface area contributed by atoms with Gasteiger partial charge in [0, 0.05) is 6.54 Å². The zero-order chi connectivity index (χ0) is 23.1. The molecular weight excluding hydrogens is 408 g/mol. The summed E-state index contributed by atoms with van der Waals surface area (Å²) in [6, 6.07) is 6.81. The average molecular weight is 443 g/mol. The highest BCUT2D eigenvalue weighted by Crippen LogP contribution is 2.36. The Labute approximate surface area is 190 Å². The molecule has 1 aromatic carbocycles. The molecule has 2 atom stereocenters. The Kier molecular flexibility index (Phi) is 8.27. The number of hydrogen-bond donors (Lipinski definition) is 2. The third kappa shape index (κ3) is 5.88. The zero-order valence-corrected chi connectivity index (χ0v) is 19.4. The van der Waals surface area contributed by atoms with Gasteiger partial charge in [-0.2, -0.15) is 0 Å². The van der Waals surface area contributed by atoms with E-state index in [0.29, 0.717) is 31.7 Å². The zero-order valence-electron chi connectivity index (χ0n) is 19.4. The number of anilines is 3. The number of benzene rings is 1. The summed E-state index contributed by atoms with van der Waals surface area (Å²) in [6.07, 6.45) is 4.25. The van der Waals surface area contributed by atoms with Crippen LogP contribution in [-0.4, -0.2) is 53.5 Å². The molecule has 0 bridgehead atoms. The van der Waals surface area contributed by atoms with Gasteiger partial charge in [0.05, 0.1) is 61.7 Å². The number of morpholine rings is 1. The summed E-state index contributed by atoms with van der Waals surface area (Å²) in [7, 11) is 0. The largest absolute Gasteiger partial charge is 0.481 e. The lowest BCUT2D eigenvalue weighted by Crippen LogP contribution is -2.48. The monoisotopic (exact) mass is 442 g/mol. The van der Waals surface area contributed by atoms with E-state index in [1.165, 1.54) is 0 Å². The first kappa shape index (κ1) is 23.8. The molecule has 8 heteroatoms. The van der Waals surface area contributed by atoms with Gasteiger partial charge >= 0.3 is 12.0 Å². The van der Waals surface area contributed by atoms with Gasteiger partial charge < -0.3 is 24.8 Å². The van der Waals surface area contributed by atoms with Crippen molar-refractivity contribution in [1.29, 1.82) is 0 Å². The molecule has 174 valence electrons. The molecule has 0 spiro atoms. The van der Waals surface area contributed by atoms with Crippen molar-refractivity contribution in [2.45, 2.75) is 52.5 Å². The standard InChI is InChI=1S/C24H34N4O4/c1-5-17(12-23(29)30)18-7-8-21(28-9-10-31-15-22(28)16(3)4)20(11-18)27-19-13-25-24(26-14-19)32-6-2/h7-8,11,13-14,16-17,22,27H,5-6,9-10,12,15H2,1-4H3,(H,29,30)/t17-,22-/m1/s1. The highest BCUT2D eigenvalue weighted by atomic mass is 16.5. The van der Waals surface area contributed by atoms with E-state index in [1.54, 1.807) is 12.4 Å². The lowest BCUT2D eigenvalue weighted by molar-refractivity contribution is -0.137. The Hall–Kier alpha value is -2.87. The molecular formula is C24H34N4O4. The number of rotatable bonds is 10. The molecule has 0 unspecified atom stereocenters. The molecule has 2 heterocycles. The fourth-order valence-electron chi connectivity index (χ4n) is 4.08. The van der Waals surface area contributed by atoms with Gasteiger partial charge in [0.1, 0.15) is 0 Å². The van der Waals surface area contributed by atoms with E-state index in [1.807, 2.05) is 13.8 Å². The van der Waals surface area contributed by atoms with Crippen LogP contribution in [0.2, 0.25) is 0 Å². The van der Waals surface area contributed by atoms with Crippen molar-refractivity contribution in [2.75, 3.05) is 36.6 Å². The van der Waals surface area contributed by atoms with Crippen molar-refractivity contribution in [2.24, 2.45) is 5.92 Å². The number of hydrogen-bond acceptors (Lipinski definition) is 7. The van der Waals surface area contributed by atoms with E-state index < -0.39 is 5.97 Å². The van der Waals surface area contributed by atoms with Crippen LogP contribution in [-0.2, 0) is 9.53 Å². The second-order valence-electron chi connectivity index (χ2n) is 8.37. The van der Waals surface area contributed by atoms with Gasteiger partial charge in [0.25, 0.3) is 0 Å². The second kappa shape index (κ2) is 11.1. The number of carboxylic acids is 1. The van der Waals surface area contributed by atoms with Gasteiger partial charge in [-0.3, -0.25) is 4.79 Å². The van der Waals surface area contributed by atoms with Crippen molar-refractivity contribution < 1.29 is 19.4 Å². The maximum absolute atomic E-state index is 11.4. The maximum Gasteiger partial charge on any atom is 0.316 e. The molecule has 2 aromatic rings. The van der Waals surface area contributed by atoms with Gasteiger partial charge in [0.2, 0.25) is 0 Å². The van der Waals surface area contributed by atoms with E-state index in [9.17, 15) is 9.90 Å². The van der Waals surface area contributed by atoms with Crippen LogP contribution in [0, 0.1) is 5.92 Å². The van der Waals surface area contributed by atoms with Crippen molar-refractivity contribution in [3.63, 3.8) is 0 Å². The van der Waals surface area contributed by atoms with Gasteiger partial charge in [-0.25, -0.2) is 9.97 Å². The van der Waals surface area contributed by atoms with Gasteiger partial charge in [-0.15, -0.1) is 0 Å². The molecule has 2 N–H and O–H groups in total. The van der Waals surface area contributed by atoms with Crippen LogP contribution in [0.25, 0.3) is 0 Å². The van der Waals surface area contributed by atoms with Crippen LogP contribution in [0.1, 0.15) is 52.0 Å². The first-order chi connectivity index (χ1) is 15.4. The smallest absolute Gasteiger partial charge is 0.316 e. The molecule has 0 amide bonds. The predicted octanol–water partition coefficient (Wildman–Crippen LogP) is 4.45. The topological polar surface area (TPSA) is 96.8 Å². The van der Waals surface area contributed by atoms with Crippen molar-refractivity contribution >= 4 is 23.0 Å². The number of nitrogens with zero attached hydrogens (tertiary/aromatic N) is 3. The van der Waals surface area contributed by atoms with E-state index >= 15 is 0 Å².